The first-order chi connectivity index (χ1) is 25.2. The number of carbonyl (C=O) groups excluding carboxylic acids is 3. The van der Waals surface area contributed by atoms with Crippen molar-refractivity contribution in [2.75, 3.05) is 39.4 Å². The van der Waals surface area contributed by atoms with E-state index >= 15 is 0 Å². The number of carbonyl (C=O) groups is 4. The van der Waals surface area contributed by atoms with Crippen LogP contribution in [0.4, 0.5) is 9.59 Å². The second-order valence-corrected chi connectivity index (χ2v) is 17.4. The van der Waals surface area contributed by atoms with Gasteiger partial charge in [0.15, 0.2) is 0 Å². The van der Waals surface area contributed by atoms with Gasteiger partial charge in [0.2, 0.25) is 0 Å². The molecule has 12 heteroatoms. The standard InChI is InChI=1S/C42H60N2O10/c1-40(2,3)52-36(45)34(30-16-18-43(26-30)38(47)48)24-28-12-10-14-32(22-28)50-20-21-51-33-15-11-13-29(23-33)25-35(37(46)53-41(4,5)6)31-17-19-44(27-31)39(49)54-42(7,8)9/h10-15,22-23,30-31,34-35H,16-21,24-27H2,1-9H3,(H,47,48)/t30-,31-,34-,35-/m0/s1. The van der Waals surface area contributed by atoms with Gasteiger partial charge in [-0.3, -0.25) is 9.59 Å². The Morgan fingerprint density at radius 1 is 0.648 bits per heavy atom. The van der Waals surface area contributed by atoms with E-state index < -0.39 is 34.7 Å². The second kappa shape index (κ2) is 17.8. The van der Waals surface area contributed by atoms with Crippen molar-refractivity contribution in [2.45, 2.75) is 105 Å². The minimum Gasteiger partial charge on any atom is -0.490 e. The van der Waals surface area contributed by atoms with Crippen molar-refractivity contribution in [2.24, 2.45) is 23.7 Å². The van der Waals surface area contributed by atoms with Gasteiger partial charge in [-0.1, -0.05) is 24.3 Å². The summed E-state index contributed by atoms with van der Waals surface area (Å²) in [6, 6.07) is 15.2. The van der Waals surface area contributed by atoms with Gasteiger partial charge in [-0.25, -0.2) is 9.59 Å². The molecular weight excluding hydrogens is 692 g/mol. The highest BCUT2D eigenvalue weighted by Gasteiger charge is 2.40. The van der Waals surface area contributed by atoms with E-state index in [9.17, 15) is 24.3 Å². The predicted molar refractivity (Wildman–Crippen MR) is 204 cm³/mol. The van der Waals surface area contributed by atoms with Gasteiger partial charge in [-0.2, -0.15) is 0 Å². The normalized spacial score (nSPS) is 18.8. The van der Waals surface area contributed by atoms with Crippen molar-refractivity contribution in [3.05, 3.63) is 59.7 Å². The summed E-state index contributed by atoms with van der Waals surface area (Å²) in [5.41, 5.74) is -0.108. The number of amides is 2. The first-order valence-corrected chi connectivity index (χ1v) is 19.0. The summed E-state index contributed by atoms with van der Waals surface area (Å²) in [4.78, 5) is 54.2. The molecule has 0 bridgehead atoms. The zero-order valence-electron chi connectivity index (χ0n) is 33.5. The fourth-order valence-corrected chi connectivity index (χ4v) is 6.89. The molecule has 12 nitrogen and oxygen atoms in total. The molecule has 0 spiro atoms. The molecule has 1 N–H and O–H groups in total. The van der Waals surface area contributed by atoms with Crippen LogP contribution in [-0.2, 0) is 36.6 Å². The molecule has 2 amide bonds. The summed E-state index contributed by atoms with van der Waals surface area (Å²) in [7, 11) is 0. The lowest BCUT2D eigenvalue weighted by Gasteiger charge is -2.28. The van der Waals surface area contributed by atoms with Crippen molar-refractivity contribution in [1.82, 2.24) is 9.80 Å². The van der Waals surface area contributed by atoms with Crippen LogP contribution >= 0.6 is 0 Å². The van der Waals surface area contributed by atoms with Gasteiger partial charge in [0.25, 0.3) is 0 Å². The zero-order chi connectivity index (χ0) is 39.8. The largest absolute Gasteiger partial charge is 0.490 e. The summed E-state index contributed by atoms with van der Waals surface area (Å²) >= 11 is 0. The van der Waals surface area contributed by atoms with Gasteiger partial charge in [0, 0.05) is 26.2 Å². The maximum Gasteiger partial charge on any atom is 0.410 e. The van der Waals surface area contributed by atoms with Crippen LogP contribution in [0.3, 0.4) is 0 Å². The van der Waals surface area contributed by atoms with E-state index in [1.807, 2.05) is 111 Å². The molecule has 2 saturated heterocycles. The quantitative estimate of drug-likeness (QED) is 0.125. The molecular formula is C42H60N2O10. The number of hydrogen-bond donors (Lipinski definition) is 1. The topological polar surface area (TPSA) is 141 Å². The number of benzene rings is 2. The lowest BCUT2D eigenvalue weighted by molar-refractivity contribution is -0.163. The third-order valence-electron chi connectivity index (χ3n) is 9.26. The molecule has 54 heavy (non-hydrogen) atoms. The first-order valence-electron chi connectivity index (χ1n) is 19.0. The van der Waals surface area contributed by atoms with Crippen molar-refractivity contribution in [3.8, 4) is 11.5 Å². The molecule has 298 valence electrons. The molecule has 0 aromatic heterocycles. The van der Waals surface area contributed by atoms with Crippen molar-refractivity contribution < 1.29 is 48.0 Å². The molecule has 2 aliphatic rings. The number of carboxylic acid groups (broad SMARTS) is 1. The summed E-state index contributed by atoms with van der Waals surface area (Å²) in [5, 5.41) is 9.48. The summed E-state index contributed by atoms with van der Waals surface area (Å²) in [5.74, 6) is -0.528. The van der Waals surface area contributed by atoms with Crippen LogP contribution < -0.4 is 9.47 Å². The molecule has 4 atom stereocenters. The molecule has 0 saturated carbocycles. The van der Waals surface area contributed by atoms with E-state index in [-0.39, 0.29) is 43.1 Å². The van der Waals surface area contributed by atoms with Crippen molar-refractivity contribution in [3.63, 3.8) is 0 Å². The Balaban J connectivity index is 1.35. The maximum absolute atomic E-state index is 13.5. The second-order valence-electron chi connectivity index (χ2n) is 17.4. The van der Waals surface area contributed by atoms with Crippen LogP contribution in [0.2, 0.25) is 0 Å². The highest BCUT2D eigenvalue weighted by atomic mass is 16.6. The molecule has 2 heterocycles. The van der Waals surface area contributed by atoms with E-state index in [4.69, 9.17) is 23.7 Å². The Kier molecular flexibility index (Phi) is 13.9. The van der Waals surface area contributed by atoms with Gasteiger partial charge in [-0.05, 0) is 135 Å². The third kappa shape index (κ3) is 13.4. The zero-order valence-corrected chi connectivity index (χ0v) is 33.5. The minimum absolute atomic E-state index is 0.0851. The van der Waals surface area contributed by atoms with Crippen LogP contribution in [0.5, 0.6) is 11.5 Å². The molecule has 2 aromatic rings. The van der Waals surface area contributed by atoms with Gasteiger partial charge in [0.05, 0.1) is 11.8 Å². The SMILES string of the molecule is CC(C)(C)OC(=O)[C@@H](Cc1cccc(OCCOc2cccc(C[C@H](C(=O)OC(C)(C)C)[C@H]3CCN(C(=O)OC(C)(C)C)C3)c2)c1)[C@H]1CCN(C(=O)O)C1. The Bertz CT molecular complexity index is 1600. The molecule has 2 aromatic carbocycles. The molecule has 4 rings (SSSR count). The molecule has 0 unspecified atom stereocenters. The number of ether oxygens (including phenoxy) is 5. The van der Waals surface area contributed by atoms with Crippen LogP contribution in [0.25, 0.3) is 0 Å². The van der Waals surface area contributed by atoms with Crippen LogP contribution in [0.15, 0.2) is 48.5 Å². The van der Waals surface area contributed by atoms with Gasteiger partial charge in [0.1, 0.15) is 41.5 Å². The Labute approximate surface area is 320 Å². The third-order valence-corrected chi connectivity index (χ3v) is 9.26. The Morgan fingerprint density at radius 3 is 1.44 bits per heavy atom. The number of esters is 2. The van der Waals surface area contributed by atoms with Crippen LogP contribution in [0, 0.1) is 23.7 Å². The number of hydrogen-bond acceptors (Lipinski definition) is 9. The predicted octanol–water partition coefficient (Wildman–Crippen LogP) is 7.40. The molecule has 2 fully saturated rings. The molecule has 2 aliphatic heterocycles. The first kappa shape index (κ1) is 42.3. The monoisotopic (exact) mass is 752 g/mol. The highest BCUT2D eigenvalue weighted by Crippen LogP contribution is 2.33. The molecule has 0 aliphatic carbocycles. The Hall–Kier alpha value is -4.48. The van der Waals surface area contributed by atoms with E-state index in [2.05, 4.69) is 0 Å². The number of likely N-dealkylation sites (tertiary alicyclic amines) is 2. The highest BCUT2D eigenvalue weighted by molar-refractivity contribution is 5.75. The van der Waals surface area contributed by atoms with Crippen molar-refractivity contribution >= 4 is 24.1 Å². The average Bonchev–Trinajstić information content (AvgIpc) is 3.74. The smallest absolute Gasteiger partial charge is 0.410 e. The van der Waals surface area contributed by atoms with Gasteiger partial charge < -0.3 is 38.6 Å². The number of nitrogens with zero attached hydrogens (tertiary/aromatic N) is 2. The lowest BCUT2D eigenvalue weighted by atomic mass is 9.86. The maximum atomic E-state index is 13.5. The fraction of sp³-hybridized carbons (Fsp3) is 0.619. The van der Waals surface area contributed by atoms with E-state index in [0.29, 0.717) is 63.4 Å². The van der Waals surface area contributed by atoms with Crippen LogP contribution in [0.1, 0.15) is 86.3 Å². The summed E-state index contributed by atoms with van der Waals surface area (Å²) in [6.07, 6.45) is 0.746. The van der Waals surface area contributed by atoms with Gasteiger partial charge in [-0.15, -0.1) is 0 Å². The van der Waals surface area contributed by atoms with E-state index in [1.165, 1.54) is 4.90 Å². The summed E-state index contributed by atoms with van der Waals surface area (Å²) < 4.78 is 29.3. The minimum atomic E-state index is -0.980. The lowest BCUT2D eigenvalue weighted by Crippen LogP contribution is -2.38. The Morgan fingerprint density at radius 2 is 1.06 bits per heavy atom. The molecule has 0 radical (unpaired) electrons. The van der Waals surface area contributed by atoms with Crippen molar-refractivity contribution in [1.29, 1.82) is 0 Å². The van der Waals surface area contributed by atoms with E-state index in [0.717, 1.165) is 11.1 Å². The average molecular weight is 753 g/mol. The van der Waals surface area contributed by atoms with E-state index in [1.54, 1.807) is 4.90 Å². The van der Waals surface area contributed by atoms with Crippen LogP contribution in [-0.4, -0.2) is 95.2 Å². The fourth-order valence-electron chi connectivity index (χ4n) is 6.89. The number of rotatable bonds is 13. The summed E-state index contributed by atoms with van der Waals surface area (Å²) in [6.45, 7) is 18.7. The van der Waals surface area contributed by atoms with Gasteiger partial charge >= 0.3 is 24.1 Å².